The molecule has 4 nitrogen and oxygen atoms in total. The average molecular weight is 399 g/mol. The van der Waals surface area contributed by atoms with Crippen molar-refractivity contribution in [2.24, 2.45) is 0 Å². The third kappa shape index (κ3) is 5.85. The van der Waals surface area contributed by atoms with Crippen molar-refractivity contribution in [2.75, 3.05) is 20.2 Å². The van der Waals surface area contributed by atoms with E-state index in [1.807, 2.05) is 43.3 Å². The molecule has 0 atom stereocenters. The number of benzene rings is 2. The van der Waals surface area contributed by atoms with Crippen LogP contribution < -0.4 is 10.1 Å². The summed E-state index contributed by atoms with van der Waals surface area (Å²) in [7, 11) is 1.64. The lowest BCUT2D eigenvalue weighted by molar-refractivity contribution is -0.117. The van der Waals surface area contributed by atoms with E-state index >= 15 is 0 Å². The summed E-state index contributed by atoms with van der Waals surface area (Å²) >= 11 is 5.95. The second-order valence-corrected chi connectivity index (χ2v) is 7.70. The van der Waals surface area contributed by atoms with Crippen LogP contribution in [0.2, 0.25) is 5.02 Å². The second-order valence-electron chi connectivity index (χ2n) is 7.26. The topological polar surface area (TPSA) is 41.6 Å². The second kappa shape index (κ2) is 9.76. The molecule has 0 bridgehead atoms. The number of methoxy groups -OCH3 is 1. The van der Waals surface area contributed by atoms with Crippen molar-refractivity contribution < 1.29 is 9.53 Å². The van der Waals surface area contributed by atoms with Gasteiger partial charge >= 0.3 is 0 Å². The minimum atomic E-state index is -0.0558. The zero-order valence-corrected chi connectivity index (χ0v) is 17.2. The van der Waals surface area contributed by atoms with Crippen molar-refractivity contribution in [1.29, 1.82) is 0 Å². The Kier molecular flexibility index (Phi) is 7.12. The fraction of sp³-hybridized carbons (Fsp3) is 0.348. The van der Waals surface area contributed by atoms with E-state index in [0.29, 0.717) is 0 Å². The molecule has 5 heteroatoms. The summed E-state index contributed by atoms with van der Waals surface area (Å²) < 4.78 is 5.35. The molecule has 1 aliphatic heterocycles. The van der Waals surface area contributed by atoms with Crippen LogP contribution in [0.15, 0.2) is 48.5 Å². The van der Waals surface area contributed by atoms with Gasteiger partial charge in [0, 0.05) is 42.3 Å². The normalized spacial score (nSPS) is 15.7. The Morgan fingerprint density at radius 3 is 2.61 bits per heavy atom. The first kappa shape index (κ1) is 20.4. The number of nitrogens with zero attached hydrogens (tertiary/aromatic N) is 1. The molecule has 0 aliphatic carbocycles. The van der Waals surface area contributed by atoms with E-state index in [1.165, 1.54) is 5.56 Å². The van der Waals surface area contributed by atoms with Crippen molar-refractivity contribution in [1.82, 2.24) is 10.2 Å². The van der Waals surface area contributed by atoms with Gasteiger partial charge in [-0.3, -0.25) is 9.69 Å². The number of rotatable bonds is 6. The fourth-order valence-corrected chi connectivity index (χ4v) is 3.61. The summed E-state index contributed by atoms with van der Waals surface area (Å²) in [4.78, 5) is 14.7. The van der Waals surface area contributed by atoms with Crippen LogP contribution in [0, 0.1) is 6.92 Å². The predicted molar refractivity (Wildman–Crippen MR) is 115 cm³/mol. The van der Waals surface area contributed by atoms with Gasteiger partial charge in [0.15, 0.2) is 0 Å². The fourth-order valence-electron chi connectivity index (χ4n) is 3.48. The molecule has 1 amide bonds. The molecule has 28 heavy (non-hydrogen) atoms. The van der Waals surface area contributed by atoms with Gasteiger partial charge in [0.2, 0.25) is 5.91 Å². The Balaban J connectivity index is 1.47. The molecule has 3 rings (SSSR count). The third-order valence-corrected chi connectivity index (χ3v) is 5.30. The number of amides is 1. The number of piperidine rings is 1. The highest BCUT2D eigenvalue weighted by Gasteiger charge is 2.20. The van der Waals surface area contributed by atoms with Crippen LogP contribution in [-0.2, 0) is 11.3 Å². The Hall–Kier alpha value is -2.30. The number of carbonyl (C=O) groups excluding carboxylic acids is 1. The smallest absolute Gasteiger partial charge is 0.244 e. The molecule has 2 aromatic rings. The average Bonchev–Trinajstić information content (AvgIpc) is 2.70. The van der Waals surface area contributed by atoms with Gasteiger partial charge in [-0.1, -0.05) is 35.4 Å². The lowest BCUT2D eigenvalue weighted by Crippen LogP contribution is -2.43. The maximum Gasteiger partial charge on any atom is 0.244 e. The van der Waals surface area contributed by atoms with Gasteiger partial charge in [0.1, 0.15) is 5.75 Å². The molecular weight excluding hydrogens is 372 g/mol. The van der Waals surface area contributed by atoms with Crippen LogP contribution in [0.1, 0.15) is 29.5 Å². The number of halogens is 1. The minimum absolute atomic E-state index is 0.0558. The third-order valence-electron chi connectivity index (χ3n) is 5.05. The van der Waals surface area contributed by atoms with Crippen LogP contribution in [0.4, 0.5) is 0 Å². The first-order valence-corrected chi connectivity index (χ1v) is 10.0. The van der Waals surface area contributed by atoms with Crippen molar-refractivity contribution in [3.63, 3.8) is 0 Å². The van der Waals surface area contributed by atoms with Crippen molar-refractivity contribution >= 4 is 23.6 Å². The van der Waals surface area contributed by atoms with Crippen LogP contribution in [-0.4, -0.2) is 37.0 Å². The van der Waals surface area contributed by atoms with E-state index in [0.717, 1.165) is 54.4 Å². The van der Waals surface area contributed by atoms with Gasteiger partial charge in [0.05, 0.1) is 7.11 Å². The van der Waals surface area contributed by atoms with Gasteiger partial charge in [-0.15, -0.1) is 0 Å². The molecule has 1 saturated heterocycles. The van der Waals surface area contributed by atoms with E-state index in [1.54, 1.807) is 13.2 Å². The first-order chi connectivity index (χ1) is 13.5. The summed E-state index contributed by atoms with van der Waals surface area (Å²) in [6, 6.07) is 14.1. The number of likely N-dealkylation sites (tertiary alicyclic amines) is 1. The molecule has 0 radical (unpaired) electrons. The van der Waals surface area contributed by atoms with E-state index < -0.39 is 0 Å². The molecule has 1 fully saturated rings. The molecule has 2 aromatic carbocycles. The van der Waals surface area contributed by atoms with E-state index in [4.69, 9.17) is 16.3 Å². The zero-order chi connectivity index (χ0) is 19.9. The molecule has 1 N–H and O–H groups in total. The van der Waals surface area contributed by atoms with Gasteiger partial charge in [-0.05, 0) is 55.7 Å². The molecular formula is C23H27ClN2O2. The summed E-state index contributed by atoms with van der Waals surface area (Å²) in [6.07, 6.45) is 5.33. The molecule has 148 valence electrons. The summed E-state index contributed by atoms with van der Waals surface area (Å²) in [5, 5.41) is 3.89. The van der Waals surface area contributed by atoms with Crippen LogP contribution in [0.25, 0.3) is 6.08 Å². The maximum atomic E-state index is 12.3. The first-order valence-electron chi connectivity index (χ1n) is 9.63. The van der Waals surface area contributed by atoms with Crippen LogP contribution >= 0.6 is 11.6 Å². The SMILES string of the molecule is COc1ccc(C)cc1/C=C/C(=O)NC1CCN(Cc2ccc(Cl)cc2)CC1. The highest BCUT2D eigenvalue weighted by molar-refractivity contribution is 6.30. The monoisotopic (exact) mass is 398 g/mol. The molecule has 0 spiro atoms. The Morgan fingerprint density at radius 1 is 1.21 bits per heavy atom. The molecule has 1 aliphatic rings. The van der Waals surface area contributed by atoms with Crippen molar-refractivity contribution in [3.8, 4) is 5.75 Å². The highest BCUT2D eigenvalue weighted by Crippen LogP contribution is 2.21. The maximum absolute atomic E-state index is 12.3. The predicted octanol–water partition coefficient (Wildman–Crippen LogP) is 4.45. The van der Waals surface area contributed by atoms with E-state index in [9.17, 15) is 4.79 Å². The quantitative estimate of drug-likeness (QED) is 0.731. The molecule has 0 saturated carbocycles. The lowest BCUT2D eigenvalue weighted by Gasteiger charge is -2.32. The van der Waals surface area contributed by atoms with Crippen molar-refractivity contribution in [3.05, 3.63) is 70.3 Å². The van der Waals surface area contributed by atoms with E-state index in [2.05, 4.69) is 22.3 Å². The summed E-state index contributed by atoms with van der Waals surface area (Å²) in [5.74, 6) is 0.713. The van der Waals surface area contributed by atoms with E-state index in [-0.39, 0.29) is 11.9 Å². The number of hydrogen-bond donors (Lipinski definition) is 1. The Bertz CT molecular complexity index is 825. The summed E-state index contributed by atoms with van der Waals surface area (Å²) in [6.45, 7) is 4.89. The number of nitrogens with one attached hydrogen (secondary N) is 1. The Morgan fingerprint density at radius 2 is 1.93 bits per heavy atom. The minimum Gasteiger partial charge on any atom is -0.496 e. The van der Waals surface area contributed by atoms with Crippen molar-refractivity contribution in [2.45, 2.75) is 32.4 Å². The van der Waals surface area contributed by atoms with Gasteiger partial charge in [-0.2, -0.15) is 0 Å². The largest absolute Gasteiger partial charge is 0.496 e. The summed E-state index contributed by atoms with van der Waals surface area (Å²) in [5.41, 5.74) is 3.31. The lowest BCUT2D eigenvalue weighted by atomic mass is 10.0. The van der Waals surface area contributed by atoms with Crippen LogP contribution in [0.3, 0.4) is 0 Å². The zero-order valence-electron chi connectivity index (χ0n) is 16.5. The highest BCUT2D eigenvalue weighted by atomic mass is 35.5. The number of ether oxygens (including phenoxy) is 1. The standard InChI is InChI=1S/C23H27ClN2O2/c1-17-3-9-22(28-2)19(15-17)6-10-23(27)25-21-11-13-26(14-12-21)16-18-4-7-20(24)8-5-18/h3-10,15,21H,11-14,16H2,1-2H3,(H,25,27)/b10-6+. The van der Waals surface area contributed by atoms with Crippen LogP contribution in [0.5, 0.6) is 5.75 Å². The van der Waals surface area contributed by atoms with Gasteiger partial charge < -0.3 is 10.1 Å². The number of aryl methyl sites for hydroxylation is 1. The van der Waals surface area contributed by atoms with Gasteiger partial charge in [0.25, 0.3) is 0 Å². The number of carbonyl (C=O) groups is 1. The number of hydrogen-bond acceptors (Lipinski definition) is 3. The molecule has 1 heterocycles. The Labute approximate surface area is 172 Å². The van der Waals surface area contributed by atoms with Gasteiger partial charge in [-0.25, -0.2) is 0 Å². The molecule has 0 aromatic heterocycles. The molecule has 0 unspecified atom stereocenters.